The molecule has 1 saturated carbocycles. The molecule has 1 aliphatic carbocycles. The summed E-state index contributed by atoms with van der Waals surface area (Å²) in [5, 5.41) is 3.22. The van der Waals surface area contributed by atoms with Crippen molar-refractivity contribution in [3.8, 4) is 0 Å². The van der Waals surface area contributed by atoms with Crippen LogP contribution in [0.2, 0.25) is 0 Å². The number of amides is 2. The topological polar surface area (TPSA) is 49.4 Å². The van der Waals surface area contributed by atoms with E-state index in [1.807, 2.05) is 36.1 Å². The van der Waals surface area contributed by atoms with Crippen LogP contribution < -0.4 is 5.32 Å². The van der Waals surface area contributed by atoms with Gasteiger partial charge in [-0.3, -0.25) is 9.59 Å². The van der Waals surface area contributed by atoms with Crippen molar-refractivity contribution in [3.63, 3.8) is 0 Å². The Morgan fingerprint density at radius 2 is 1.88 bits per heavy atom. The Bertz CT molecular complexity index is 593. The van der Waals surface area contributed by atoms with Crippen LogP contribution in [0.5, 0.6) is 0 Å². The van der Waals surface area contributed by atoms with Gasteiger partial charge in [-0.2, -0.15) is 0 Å². The Balaban J connectivity index is 1.59. The summed E-state index contributed by atoms with van der Waals surface area (Å²) in [6.07, 6.45) is 7.71. The SMILES string of the molecule is Cc1cccc(C(=O)N2CCC[C@@H](C(=O)NC3CCCCC3)C2)c1. The molecule has 0 spiro atoms. The molecule has 1 atom stereocenters. The third-order valence-electron chi connectivity index (χ3n) is 5.30. The molecule has 1 saturated heterocycles. The van der Waals surface area contributed by atoms with Crippen molar-refractivity contribution in [1.29, 1.82) is 0 Å². The van der Waals surface area contributed by atoms with Crippen molar-refractivity contribution < 1.29 is 9.59 Å². The smallest absolute Gasteiger partial charge is 0.253 e. The van der Waals surface area contributed by atoms with Gasteiger partial charge < -0.3 is 10.2 Å². The number of rotatable bonds is 3. The minimum atomic E-state index is -0.0607. The molecule has 1 aromatic rings. The van der Waals surface area contributed by atoms with Crippen molar-refractivity contribution in [3.05, 3.63) is 35.4 Å². The van der Waals surface area contributed by atoms with Gasteiger partial charge >= 0.3 is 0 Å². The van der Waals surface area contributed by atoms with Crippen LogP contribution in [0.25, 0.3) is 0 Å². The van der Waals surface area contributed by atoms with Gasteiger partial charge in [-0.25, -0.2) is 0 Å². The average Bonchev–Trinajstić information content (AvgIpc) is 2.62. The predicted molar refractivity (Wildman–Crippen MR) is 94.8 cm³/mol. The quantitative estimate of drug-likeness (QED) is 0.925. The predicted octanol–water partition coefficient (Wildman–Crippen LogP) is 3.30. The second-order valence-corrected chi connectivity index (χ2v) is 7.30. The number of nitrogens with zero attached hydrogens (tertiary/aromatic N) is 1. The molecule has 1 aliphatic heterocycles. The maximum Gasteiger partial charge on any atom is 0.253 e. The minimum Gasteiger partial charge on any atom is -0.353 e. The highest BCUT2D eigenvalue weighted by Gasteiger charge is 2.30. The zero-order chi connectivity index (χ0) is 16.9. The fourth-order valence-corrected chi connectivity index (χ4v) is 3.90. The zero-order valence-electron chi connectivity index (χ0n) is 14.6. The van der Waals surface area contributed by atoms with E-state index < -0.39 is 0 Å². The fourth-order valence-electron chi connectivity index (χ4n) is 3.90. The molecule has 2 amide bonds. The normalized spacial score (nSPS) is 22.2. The van der Waals surface area contributed by atoms with Crippen molar-refractivity contribution in [2.45, 2.75) is 57.9 Å². The highest BCUT2D eigenvalue weighted by molar-refractivity contribution is 5.95. The van der Waals surface area contributed by atoms with E-state index in [9.17, 15) is 9.59 Å². The summed E-state index contributed by atoms with van der Waals surface area (Å²) in [5.74, 6) is 0.131. The van der Waals surface area contributed by atoms with Crippen LogP contribution >= 0.6 is 0 Å². The summed E-state index contributed by atoms with van der Waals surface area (Å²) >= 11 is 0. The first-order chi connectivity index (χ1) is 11.6. The highest BCUT2D eigenvalue weighted by Crippen LogP contribution is 2.22. The molecule has 4 nitrogen and oxygen atoms in total. The zero-order valence-corrected chi connectivity index (χ0v) is 14.6. The second-order valence-electron chi connectivity index (χ2n) is 7.30. The number of aryl methyl sites for hydroxylation is 1. The van der Waals surface area contributed by atoms with Crippen LogP contribution in [0, 0.1) is 12.8 Å². The number of likely N-dealkylation sites (tertiary alicyclic amines) is 1. The third kappa shape index (κ3) is 4.16. The van der Waals surface area contributed by atoms with Gasteiger partial charge in [-0.05, 0) is 44.7 Å². The molecular formula is C20H28N2O2. The molecule has 24 heavy (non-hydrogen) atoms. The molecule has 0 aromatic heterocycles. The number of nitrogens with one attached hydrogen (secondary N) is 1. The standard InChI is InChI=1S/C20H28N2O2/c1-15-7-5-8-16(13-15)20(24)22-12-6-9-17(14-22)19(23)21-18-10-3-2-4-11-18/h5,7-8,13,17-18H,2-4,6,9-12,14H2,1H3,(H,21,23)/t17-/m1/s1. The van der Waals surface area contributed by atoms with Crippen molar-refractivity contribution >= 4 is 11.8 Å². The number of benzene rings is 1. The lowest BCUT2D eigenvalue weighted by Gasteiger charge is -2.33. The van der Waals surface area contributed by atoms with E-state index in [1.54, 1.807) is 0 Å². The Morgan fingerprint density at radius 1 is 1.08 bits per heavy atom. The Hall–Kier alpha value is -1.84. The second kappa shape index (κ2) is 7.82. The van der Waals surface area contributed by atoms with Crippen molar-refractivity contribution in [2.75, 3.05) is 13.1 Å². The van der Waals surface area contributed by atoms with Crippen molar-refractivity contribution in [1.82, 2.24) is 10.2 Å². The molecule has 4 heteroatoms. The van der Waals surface area contributed by atoms with Crippen LogP contribution in [-0.2, 0) is 4.79 Å². The van der Waals surface area contributed by atoms with E-state index in [4.69, 9.17) is 0 Å². The van der Waals surface area contributed by atoms with E-state index in [2.05, 4.69) is 5.32 Å². The first kappa shape index (κ1) is 17.0. The monoisotopic (exact) mass is 328 g/mol. The lowest BCUT2D eigenvalue weighted by molar-refractivity contribution is -0.127. The van der Waals surface area contributed by atoms with Gasteiger partial charge in [0.1, 0.15) is 0 Å². The number of carbonyl (C=O) groups excluding carboxylic acids is 2. The molecule has 2 fully saturated rings. The number of hydrogen-bond acceptors (Lipinski definition) is 2. The van der Waals surface area contributed by atoms with Gasteiger partial charge in [0.05, 0.1) is 5.92 Å². The maximum atomic E-state index is 12.7. The average molecular weight is 328 g/mol. The molecule has 130 valence electrons. The van der Waals surface area contributed by atoms with Gasteiger partial charge in [-0.1, -0.05) is 37.0 Å². The first-order valence-corrected chi connectivity index (χ1v) is 9.30. The van der Waals surface area contributed by atoms with Gasteiger partial charge in [0, 0.05) is 24.7 Å². The lowest BCUT2D eigenvalue weighted by Crippen LogP contribution is -2.47. The summed E-state index contributed by atoms with van der Waals surface area (Å²) in [4.78, 5) is 27.1. The molecule has 0 unspecified atom stereocenters. The van der Waals surface area contributed by atoms with E-state index >= 15 is 0 Å². The van der Waals surface area contributed by atoms with E-state index in [-0.39, 0.29) is 17.7 Å². The molecule has 2 aliphatic rings. The van der Waals surface area contributed by atoms with Crippen LogP contribution in [-0.4, -0.2) is 35.8 Å². The third-order valence-corrected chi connectivity index (χ3v) is 5.30. The summed E-state index contributed by atoms with van der Waals surface area (Å²) in [7, 11) is 0. The van der Waals surface area contributed by atoms with Crippen LogP contribution in [0.1, 0.15) is 60.9 Å². The van der Waals surface area contributed by atoms with Gasteiger partial charge in [0.2, 0.25) is 5.91 Å². The molecule has 3 rings (SSSR count). The molecule has 1 heterocycles. The molecule has 1 N–H and O–H groups in total. The van der Waals surface area contributed by atoms with Gasteiger partial charge in [0.15, 0.2) is 0 Å². The number of piperidine rings is 1. The van der Waals surface area contributed by atoms with E-state index in [0.717, 1.165) is 43.4 Å². The van der Waals surface area contributed by atoms with Crippen LogP contribution in [0.3, 0.4) is 0 Å². The van der Waals surface area contributed by atoms with Crippen molar-refractivity contribution in [2.24, 2.45) is 5.92 Å². The highest BCUT2D eigenvalue weighted by atomic mass is 16.2. The van der Waals surface area contributed by atoms with Crippen LogP contribution in [0.15, 0.2) is 24.3 Å². The Labute approximate surface area is 144 Å². The van der Waals surface area contributed by atoms with E-state index in [0.29, 0.717) is 12.6 Å². The first-order valence-electron chi connectivity index (χ1n) is 9.30. The number of hydrogen-bond donors (Lipinski definition) is 1. The Morgan fingerprint density at radius 3 is 2.62 bits per heavy atom. The fraction of sp³-hybridized carbons (Fsp3) is 0.600. The summed E-state index contributed by atoms with van der Waals surface area (Å²) in [6, 6.07) is 8.04. The minimum absolute atomic E-state index is 0.0499. The lowest BCUT2D eigenvalue weighted by atomic mass is 9.92. The molecule has 0 bridgehead atoms. The van der Waals surface area contributed by atoms with Gasteiger partial charge in [0.25, 0.3) is 5.91 Å². The molecule has 0 radical (unpaired) electrons. The molecule has 1 aromatic carbocycles. The molecular weight excluding hydrogens is 300 g/mol. The maximum absolute atomic E-state index is 12.7. The summed E-state index contributed by atoms with van der Waals surface area (Å²) in [6.45, 7) is 3.29. The summed E-state index contributed by atoms with van der Waals surface area (Å²) < 4.78 is 0. The Kier molecular flexibility index (Phi) is 5.54. The summed E-state index contributed by atoms with van der Waals surface area (Å²) in [5.41, 5.74) is 1.81. The van der Waals surface area contributed by atoms with Crippen LogP contribution in [0.4, 0.5) is 0 Å². The largest absolute Gasteiger partial charge is 0.353 e. The number of carbonyl (C=O) groups is 2. The van der Waals surface area contributed by atoms with E-state index in [1.165, 1.54) is 19.3 Å². The van der Waals surface area contributed by atoms with Gasteiger partial charge in [-0.15, -0.1) is 0 Å².